The minimum Gasteiger partial charge on any atom is -0.315 e. The largest absolute Gasteiger partial charge is 0.315 e. The van der Waals surface area contributed by atoms with Crippen molar-refractivity contribution >= 4 is 0 Å². The highest BCUT2D eigenvalue weighted by molar-refractivity contribution is 4.91. The fourth-order valence-corrected chi connectivity index (χ4v) is 3.54. The van der Waals surface area contributed by atoms with Crippen molar-refractivity contribution in [2.24, 2.45) is 11.8 Å². The molecule has 0 radical (unpaired) electrons. The van der Waals surface area contributed by atoms with Gasteiger partial charge in [-0.05, 0) is 64.1 Å². The van der Waals surface area contributed by atoms with Crippen LogP contribution in [0.15, 0.2) is 0 Å². The van der Waals surface area contributed by atoms with Crippen molar-refractivity contribution in [2.45, 2.75) is 71.9 Å². The summed E-state index contributed by atoms with van der Waals surface area (Å²) in [4.78, 5) is 2.75. The fraction of sp³-hybridized carbons (Fsp3) is 1.00. The first-order chi connectivity index (χ1) is 8.63. The molecule has 0 aromatic rings. The molecule has 0 aromatic carbocycles. The summed E-state index contributed by atoms with van der Waals surface area (Å²) >= 11 is 0. The van der Waals surface area contributed by atoms with E-state index in [1.807, 2.05) is 0 Å². The molecule has 2 heteroatoms. The number of nitrogens with one attached hydrogen (secondary N) is 1. The molecule has 18 heavy (non-hydrogen) atoms. The SMILES string of the molecule is CCCN(CCC)C1CC(C(C)C)CCC1NC. The van der Waals surface area contributed by atoms with Gasteiger partial charge < -0.3 is 5.32 Å². The van der Waals surface area contributed by atoms with Gasteiger partial charge in [-0.1, -0.05) is 27.7 Å². The molecule has 1 saturated carbocycles. The molecule has 1 aliphatic carbocycles. The normalized spacial score (nSPS) is 29.2. The lowest BCUT2D eigenvalue weighted by Crippen LogP contribution is -2.53. The highest BCUT2D eigenvalue weighted by Crippen LogP contribution is 2.32. The van der Waals surface area contributed by atoms with Crippen molar-refractivity contribution < 1.29 is 0 Å². The van der Waals surface area contributed by atoms with Gasteiger partial charge in [0, 0.05) is 12.1 Å². The summed E-state index contributed by atoms with van der Waals surface area (Å²) < 4.78 is 0. The van der Waals surface area contributed by atoms with Crippen molar-refractivity contribution in [2.75, 3.05) is 20.1 Å². The molecule has 0 heterocycles. The summed E-state index contributed by atoms with van der Waals surface area (Å²) in [6, 6.07) is 1.47. The summed E-state index contributed by atoms with van der Waals surface area (Å²) in [6.07, 6.45) is 6.71. The second-order valence-corrected chi connectivity index (χ2v) is 6.32. The van der Waals surface area contributed by atoms with E-state index in [0.717, 1.165) is 17.9 Å². The summed E-state index contributed by atoms with van der Waals surface area (Å²) in [5.74, 6) is 1.77. The van der Waals surface area contributed by atoms with Crippen LogP contribution in [-0.4, -0.2) is 37.1 Å². The second kappa shape index (κ2) is 8.16. The van der Waals surface area contributed by atoms with Gasteiger partial charge in [0.05, 0.1) is 0 Å². The molecule has 1 fully saturated rings. The van der Waals surface area contributed by atoms with E-state index < -0.39 is 0 Å². The fourth-order valence-electron chi connectivity index (χ4n) is 3.54. The van der Waals surface area contributed by atoms with Crippen LogP contribution in [0.3, 0.4) is 0 Å². The van der Waals surface area contributed by atoms with Crippen molar-refractivity contribution in [3.63, 3.8) is 0 Å². The number of likely N-dealkylation sites (N-methyl/N-ethyl adjacent to an activating group) is 1. The number of rotatable bonds is 7. The van der Waals surface area contributed by atoms with E-state index in [2.05, 4.69) is 45.0 Å². The Morgan fingerprint density at radius 1 is 1.11 bits per heavy atom. The molecule has 108 valence electrons. The van der Waals surface area contributed by atoms with Gasteiger partial charge in [-0.2, -0.15) is 0 Å². The predicted octanol–water partition coefficient (Wildman–Crippen LogP) is 3.52. The summed E-state index contributed by atoms with van der Waals surface area (Å²) in [7, 11) is 2.14. The van der Waals surface area contributed by atoms with Crippen LogP contribution < -0.4 is 5.32 Å². The van der Waals surface area contributed by atoms with Crippen LogP contribution in [0.25, 0.3) is 0 Å². The molecule has 0 bridgehead atoms. The molecule has 3 atom stereocenters. The highest BCUT2D eigenvalue weighted by Gasteiger charge is 2.33. The van der Waals surface area contributed by atoms with E-state index in [1.165, 1.54) is 45.2 Å². The van der Waals surface area contributed by atoms with Crippen LogP contribution in [0.1, 0.15) is 59.8 Å². The van der Waals surface area contributed by atoms with Crippen LogP contribution in [0.5, 0.6) is 0 Å². The van der Waals surface area contributed by atoms with E-state index in [4.69, 9.17) is 0 Å². The molecule has 1 rings (SSSR count). The third kappa shape index (κ3) is 4.24. The third-order valence-corrected chi connectivity index (χ3v) is 4.66. The first-order valence-corrected chi connectivity index (χ1v) is 8.05. The zero-order valence-electron chi connectivity index (χ0n) is 13.2. The third-order valence-electron chi connectivity index (χ3n) is 4.66. The lowest BCUT2D eigenvalue weighted by Gasteiger charge is -2.44. The summed E-state index contributed by atoms with van der Waals surface area (Å²) in [6.45, 7) is 11.9. The number of nitrogens with zero attached hydrogens (tertiary/aromatic N) is 1. The predicted molar refractivity (Wildman–Crippen MR) is 81.0 cm³/mol. The van der Waals surface area contributed by atoms with Gasteiger partial charge in [0.2, 0.25) is 0 Å². The summed E-state index contributed by atoms with van der Waals surface area (Å²) in [5, 5.41) is 3.57. The van der Waals surface area contributed by atoms with E-state index >= 15 is 0 Å². The number of hydrogen-bond donors (Lipinski definition) is 1. The van der Waals surface area contributed by atoms with Crippen molar-refractivity contribution in [3.05, 3.63) is 0 Å². The molecular weight excluding hydrogens is 220 g/mol. The van der Waals surface area contributed by atoms with Crippen molar-refractivity contribution in [1.82, 2.24) is 10.2 Å². The highest BCUT2D eigenvalue weighted by atomic mass is 15.2. The lowest BCUT2D eigenvalue weighted by atomic mass is 9.76. The summed E-state index contributed by atoms with van der Waals surface area (Å²) in [5.41, 5.74) is 0. The van der Waals surface area contributed by atoms with Gasteiger partial charge in [0.25, 0.3) is 0 Å². The standard InChI is InChI=1S/C16H34N2/c1-6-10-18(11-7-2)16-12-14(13(3)4)8-9-15(16)17-5/h13-17H,6-12H2,1-5H3. The van der Waals surface area contributed by atoms with E-state index in [9.17, 15) is 0 Å². The smallest absolute Gasteiger partial charge is 0.0251 e. The van der Waals surface area contributed by atoms with Crippen LogP contribution in [0.2, 0.25) is 0 Å². The van der Waals surface area contributed by atoms with Crippen molar-refractivity contribution in [1.29, 1.82) is 0 Å². The Balaban J connectivity index is 2.69. The van der Waals surface area contributed by atoms with Gasteiger partial charge in [0.15, 0.2) is 0 Å². The van der Waals surface area contributed by atoms with Gasteiger partial charge in [0.1, 0.15) is 0 Å². The Kier molecular flexibility index (Phi) is 7.25. The topological polar surface area (TPSA) is 15.3 Å². The van der Waals surface area contributed by atoms with Gasteiger partial charge in [-0.25, -0.2) is 0 Å². The second-order valence-electron chi connectivity index (χ2n) is 6.32. The number of hydrogen-bond acceptors (Lipinski definition) is 2. The Morgan fingerprint density at radius 3 is 2.17 bits per heavy atom. The van der Waals surface area contributed by atoms with Crippen LogP contribution >= 0.6 is 0 Å². The molecule has 1 N–H and O–H groups in total. The minimum absolute atomic E-state index is 0.707. The average Bonchev–Trinajstić information content (AvgIpc) is 2.37. The molecule has 3 unspecified atom stereocenters. The minimum atomic E-state index is 0.707. The molecule has 2 nitrogen and oxygen atoms in total. The van der Waals surface area contributed by atoms with Crippen LogP contribution in [-0.2, 0) is 0 Å². The van der Waals surface area contributed by atoms with Gasteiger partial charge >= 0.3 is 0 Å². The molecule has 0 amide bonds. The zero-order valence-corrected chi connectivity index (χ0v) is 13.2. The molecular formula is C16H34N2. The maximum atomic E-state index is 3.57. The van der Waals surface area contributed by atoms with E-state index in [0.29, 0.717) is 6.04 Å². The van der Waals surface area contributed by atoms with Crippen LogP contribution in [0, 0.1) is 11.8 Å². The quantitative estimate of drug-likeness (QED) is 0.748. The van der Waals surface area contributed by atoms with E-state index in [1.54, 1.807) is 0 Å². The maximum absolute atomic E-state index is 3.57. The zero-order chi connectivity index (χ0) is 13.5. The van der Waals surface area contributed by atoms with Gasteiger partial charge in [-0.3, -0.25) is 4.90 Å². The first-order valence-electron chi connectivity index (χ1n) is 8.05. The Hall–Kier alpha value is -0.0800. The van der Waals surface area contributed by atoms with Gasteiger partial charge in [-0.15, -0.1) is 0 Å². The average molecular weight is 254 g/mol. The van der Waals surface area contributed by atoms with Crippen LogP contribution in [0.4, 0.5) is 0 Å². The van der Waals surface area contributed by atoms with Crippen molar-refractivity contribution in [3.8, 4) is 0 Å². The molecule has 0 spiro atoms. The molecule has 0 saturated heterocycles. The molecule has 0 aromatic heterocycles. The monoisotopic (exact) mass is 254 g/mol. The Bertz CT molecular complexity index is 209. The molecule has 1 aliphatic rings. The molecule has 0 aliphatic heterocycles. The van der Waals surface area contributed by atoms with E-state index in [-0.39, 0.29) is 0 Å². The maximum Gasteiger partial charge on any atom is 0.0251 e. The lowest BCUT2D eigenvalue weighted by molar-refractivity contribution is 0.0854. The first kappa shape index (κ1) is 16.0. The Morgan fingerprint density at radius 2 is 1.72 bits per heavy atom. The Labute approximate surface area is 115 Å².